The van der Waals surface area contributed by atoms with Gasteiger partial charge >= 0.3 is 0 Å². The summed E-state index contributed by atoms with van der Waals surface area (Å²) in [7, 11) is 0. The zero-order valence-electron chi connectivity index (χ0n) is 12.6. The Balaban J connectivity index is 2.19. The second kappa shape index (κ2) is 5.82. The number of thiophene rings is 1. The van der Waals surface area contributed by atoms with Gasteiger partial charge in [-0.3, -0.25) is 0 Å². The summed E-state index contributed by atoms with van der Waals surface area (Å²) in [5.74, 6) is 1.75. The van der Waals surface area contributed by atoms with Crippen LogP contribution in [0.3, 0.4) is 0 Å². The van der Waals surface area contributed by atoms with E-state index in [-0.39, 0.29) is 0 Å². The van der Waals surface area contributed by atoms with E-state index in [2.05, 4.69) is 55.0 Å². The average Bonchev–Trinajstić information content (AvgIpc) is 2.91. The molecular weight excluding hydrogens is 278 g/mol. The van der Waals surface area contributed by atoms with Gasteiger partial charge in [0.1, 0.15) is 5.82 Å². The minimum absolute atomic E-state index is 0.809. The molecule has 0 aliphatic carbocycles. The van der Waals surface area contributed by atoms with Gasteiger partial charge in [0, 0.05) is 22.9 Å². The van der Waals surface area contributed by atoms with E-state index in [1.807, 2.05) is 0 Å². The molecule has 108 valence electrons. The van der Waals surface area contributed by atoms with E-state index in [9.17, 15) is 0 Å². The lowest BCUT2D eigenvalue weighted by molar-refractivity contribution is 0.970. The number of fused-ring (bicyclic) bond motifs is 1. The van der Waals surface area contributed by atoms with Gasteiger partial charge in [0.25, 0.3) is 0 Å². The van der Waals surface area contributed by atoms with Gasteiger partial charge in [-0.1, -0.05) is 18.6 Å². The third-order valence-corrected chi connectivity index (χ3v) is 4.35. The number of nitrogens with zero attached hydrogens (tertiary/aromatic N) is 2. The lowest BCUT2D eigenvalue weighted by Crippen LogP contribution is -2.05. The van der Waals surface area contributed by atoms with Gasteiger partial charge in [-0.2, -0.15) is 11.3 Å². The van der Waals surface area contributed by atoms with Gasteiger partial charge < -0.3 is 5.32 Å². The largest absolute Gasteiger partial charge is 0.369 e. The lowest BCUT2D eigenvalue weighted by Gasteiger charge is -2.11. The summed E-state index contributed by atoms with van der Waals surface area (Å²) in [5, 5.41) is 8.79. The van der Waals surface area contributed by atoms with Gasteiger partial charge in [0.05, 0.1) is 5.52 Å². The monoisotopic (exact) mass is 297 g/mol. The molecule has 0 radical (unpaired) electrons. The second-order valence-electron chi connectivity index (χ2n) is 5.31. The molecule has 3 aromatic rings. The molecule has 0 aliphatic rings. The van der Waals surface area contributed by atoms with Crippen LogP contribution in [-0.4, -0.2) is 16.5 Å². The first-order chi connectivity index (χ1) is 10.2. The van der Waals surface area contributed by atoms with E-state index in [1.54, 1.807) is 11.3 Å². The Labute approximate surface area is 129 Å². The lowest BCUT2D eigenvalue weighted by atomic mass is 10.1. The van der Waals surface area contributed by atoms with Crippen LogP contribution in [0.4, 0.5) is 5.82 Å². The Morgan fingerprint density at radius 1 is 1.14 bits per heavy atom. The first-order valence-electron chi connectivity index (χ1n) is 7.24. The smallest absolute Gasteiger partial charge is 0.163 e. The Morgan fingerprint density at radius 2 is 2.00 bits per heavy atom. The van der Waals surface area contributed by atoms with Crippen LogP contribution in [0.2, 0.25) is 0 Å². The zero-order valence-corrected chi connectivity index (χ0v) is 13.4. The molecule has 0 spiro atoms. The molecule has 0 atom stereocenters. The minimum atomic E-state index is 0.809. The van der Waals surface area contributed by atoms with Crippen LogP contribution in [0.25, 0.3) is 22.3 Å². The van der Waals surface area contributed by atoms with Crippen molar-refractivity contribution >= 4 is 28.1 Å². The van der Waals surface area contributed by atoms with Gasteiger partial charge in [-0.25, -0.2) is 9.97 Å². The summed E-state index contributed by atoms with van der Waals surface area (Å²) in [6.45, 7) is 7.28. The molecule has 21 heavy (non-hydrogen) atoms. The van der Waals surface area contributed by atoms with Crippen LogP contribution in [0.5, 0.6) is 0 Å². The van der Waals surface area contributed by atoms with Crippen molar-refractivity contribution in [3.05, 3.63) is 40.1 Å². The number of anilines is 1. The van der Waals surface area contributed by atoms with E-state index in [4.69, 9.17) is 9.97 Å². The van der Waals surface area contributed by atoms with Gasteiger partial charge in [0.2, 0.25) is 0 Å². The number of hydrogen-bond donors (Lipinski definition) is 1. The highest BCUT2D eigenvalue weighted by Gasteiger charge is 2.11. The fourth-order valence-electron chi connectivity index (χ4n) is 2.33. The normalized spacial score (nSPS) is 11.0. The molecule has 1 aromatic carbocycles. The molecule has 0 saturated heterocycles. The second-order valence-corrected chi connectivity index (χ2v) is 6.06. The molecule has 0 bridgehead atoms. The first kappa shape index (κ1) is 14.0. The molecule has 2 heterocycles. The molecule has 2 aromatic heterocycles. The Morgan fingerprint density at radius 3 is 2.71 bits per heavy atom. The number of hydrogen-bond acceptors (Lipinski definition) is 4. The Bertz CT molecular complexity index is 777. The third kappa shape index (κ3) is 2.76. The quantitative estimate of drug-likeness (QED) is 0.752. The predicted molar refractivity (Wildman–Crippen MR) is 91.1 cm³/mol. The highest BCUT2D eigenvalue weighted by Crippen LogP contribution is 2.29. The van der Waals surface area contributed by atoms with Crippen LogP contribution in [0.1, 0.15) is 24.5 Å². The van der Waals surface area contributed by atoms with Crippen molar-refractivity contribution in [2.75, 3.05) is 11.9 Å². The molecule has 4 heteroatoms. The fraction of sp³-hybridized carbons (Fsp3) is 0.294. The highest BCUT2D eigenvalue weighted by molar-refractivity contribution is 7.08. The summed E-state index contributed by atoms with van der Waals surface area (Å²) in [6.07, 6.45) is 1.07. The number of rotatable bonds is 4. The van der Waals surface area contributed by atoms with Gasteiger partial charge in [-0.15, -0.1) is 0 Å². The van der Waals surface area contributed by atoms with Crippen molar-refractivity contribution in [3.63, 3.8) is 0 Å². The molecule has 3 rings (SSSR count). The SMILES string of the molecule is CCCNc1nc(-c2cscc2C)nc2ccc(C)cc12. The van der Waals surface area contributed by atoms with Crippen LogP contribution < -0.4 is 5.32 Å². The number of aromatic nitrogens is 2. The predicted octanol–water partition coefficient (Wildman–Crippen LogP) is 4.80. The van der Waals surface area contributed by atoms with Crippen molar-refractivity contribution < 1.29 is 0 Å². The van der Waals surface area contributed by atoms with Gasteiger partial charge in [0.15, 0.2) is 5.82 Å². The summed E-state index contributed by atoms with van der Waals surface area (Å²) in [6, 6.07) is 6.33. The first-order valence-corrected chi connectivity index (χ1v) is 8.18. The summed E-state index contributed by atoms with van der Waals surface area (Å²) >= 11 is 1.69. The zero-order chi connectivity index (χ0) is 14.8. The van der Waals surface area contributed by atoms with E-state index in [1.165, 1.54) is 11.1 Å². The van der Waals surface area contributed by atoms with Crippen LogP contribution in [0.15, 0.2) is 29.0 Å². The molecule has 0 unspecified atom stereocenters. The van der Waals surface area contributed by atoms with Crippen molar-refractivity contribution in [2.45, 2.75) is 27.2 Å². The number of benzene rings is 1. The average molecular weight is 297 g/mol. The molecular formula is C17H19N3S. The molecule has 1 N–H and O–H groups in total. The number of aryl methyl sites for hydroxylation is 2. The molecule has 0 aliphatic heterocycles. The van der Waals surface area contributed by atoms with Gasteiger partial charge in [-0.05, 0) is 43.3 Å². The highest BCUT2D eigenvalue weighted by atomic mass is 32.1. The van der Waals surface area contributed by atoms with E-state index < -0.39 is 0 Å². The van der Waals surface area contributed by atoms with E-state index >= 15 is 0 Å². The van der Waals surface area contributed by atoms with Crippen LogP contribution >= 0.6 is 11.3 Å². The van der Waals surface area contributed by atoms with Crippen LogP contribution in [-0.2, 0) is 0 Å². The summed E-state index contributed by atoms with van der Waals surface area (Å²) < 4.78 is 0. The summed E-state index contributed by atoms with van der Waals surface area (Å²) in [5.41, 5.74) is 4.58. The van der Waals surface area contributed by atoms with Crippen molar-refractivity contribution in [2.24, 2.45) is 0 Å². The standard InChI is InChI=1S/C17H19N3S/c1-4-7-18-16-13-8-11(2)5-6-15(13)19-17(20-16)14-10-21-9-12(14)3/h5-6,8-10H,4,7H2,1-3H3,(H,18,19,20). The minimum Gasteiger partial charge on any atom is -0.369 e. The number of nitrogens with one attached hydrogen (secondary N) is 1. The maximum Gasteiger partial charge on any atom is 0.163 e. The molecule has 0 saturated carbocycles. The van der Waals surface area contributed by atoms with E-state index in [0.717, 1.165) is 41.1 Å². The van der Waals surface area contributed by atoms with Crippen molar-refractivity contribution in [1.29, 1.82) is 0 Å². The van der Waals surface area contributed by atoms with Crippen LogP contribution in [0, 0.1) is 13.8 Å². The van der Waals surface area contributed by atoms with E-state index in [0.29, 0.717) is 0 Å². The Hall–Kier alpha value is -1.94. The third-order valence-electron chi connectivity index (χ3n) is 3.49. The maximum atomic E-state index is 4.77. The molecule has 3 nitrogen and oxygen atoms in total. The van der Waals surface area contributed by atoms with Crippen molar-refractivity contribution in [1.82, 2.24) is 9.97 Å². The fourth-order valence-corrected chi connectivity index (χ4v) is 3.16. The Kier molecular flexibility index (Phi) is 3.88. The maximum absolute atomic E-state index is 4.77. The topological polar surface area (TPSA) is 37.8 Å². The molecule has 0 fully saturated rings. The summed E-state index contributed by atoms with van der Waals surface area (Å²) in [4.78, 5) is 9.51. The van der Waals surface area contributed by atoms with Crippen molar-refractivity contribution in [3.8, 4) is 11.4 Å². The molecule has 0 amide bonds.